The summed E-state index contributed by atoms with van der Waals surface area (Å²) in [5.74, 6) is -1.12. The minimum atomic E-state index is -4.70. The predicted molar refractivity (Wildman–Crippen MR) is 91.9 cm³/mol. The second-order valence-corrected chi connectivity index (χ2v) is 7.91. The van der Waals surface area contributed by atoms with Gasteiger partial charge in [-0.1, -0.05) is 22.5 Å². The third-order valence-electron chi connectivity index (χ3n) is 3.33. The van der Waals surface area contributed by atoms with E-state index >= 15 is 0 Å². The van der Waals surface area contributed by atoms with Crippen LogP contribution in [0, 0.1) is 5.92 Å². The second kappa shape index (κ2) is 7.71. The van der Waals surface area contributed by atoms with E-state index in [2.05, 4.69) is 9.97 Å². The number of pyridine rings is 1. The van der Waals surface area contributed by atoms with Crippen molar-refractivity contribution in [3.63, 3.8) is 0 Å². The zero-order valence-corrected chi connectivity index (χ0v) is 15.3. The van der Waals surface area contributed by atoms with Crippen LogP contribution in [-0.4, -0.2) is 39.5 Å². The number of amides is 1. The van der Waals surface area contributed by atoms with Gasteiger partial charge in [-0.2, -0.15) is 13.2 Å². The van der Waals surface area contributed by atoms with Crippen LogP contribution in [0.4, 0.5) is 18.2 Å². The van der Waals surface area contributed by atoms with Crippen LogP contribution in [-0.2, 0) is 22.1 Å². The number of anilines is 1. The molecule has 1 amide bonds. The Kier molecular flexibility index (Phi) is 6.07. The maximum Gasteiger partial charge on any atom is 0.436 e. The molecular weight excluding hydrogens is 375 g/mol. The van der Waals surface area contributed by atoms with Gasteiger partial charge in [0.1, 0.15) is 15.8 Å². The molecule has 2 unspecified atom stereocenters. The van der Waals surface area contributed by atoms with Crippen LogP contribution >= 0.6 is 11.3 Å². The molecule has 2 rings (SSSR count). The van der Waals surface area contributed by atoms with Crippen LogP contribution in [0.15, 0.2) is 24.5 Å². The Hall–Kier alpha value is -1.65. The van der Waals surface area contributed by atoms with Gasteiger partial charge in [0.15, 0.2) is 5.69 Å². The molecule has 2 aromatic heterocycles. The van der Waals surface area contributed by atoms with Crippen molar-refractivity contribution in [2.75, 3.05) is 24.0 Å². The van der Waals surface area contributed by atoms with Gasteiger partial charge >= 0.3 is 6.18 Å². The van der Waals surface area contributed by atoms with E-state index < -0.39 is 34.9 Å². The minimum Gasteiger partial charge on any atom is -0.617 e. The Morgan fingerprint density at radius 3 is 2.68 bits per heavy atom. The number of carbonyl (C=O) groups is 1. The molecule has 136 valence electrons. The summed E-state index contributed by atoms with van der Waals surface area (Å²) < 4.78 is 51.3. The lowest BCUT2D eigenvalue weighted by atomic mass is 10.2. The highest BCUT2D eigenvalue weighted by Gasteiger charge is 2.40. The molecule has 0 spiro atoms. The Morgan fingerprint density at radius 1 is 1.48 bits per heavy atom. The topological polar surface area (TPSA) is 69.2 Å². The molecule has 25 heavy (non-hydrogen) atoms. The van der Waals surface area contributed by atoms with Gasteiger partial charge in [-0.3, -0.25) is 9.78 Å². The van der Waals surface area contributed by atoms with Gasteiger partial charge in [0.2, 0.25) is 5.91 Å². The van der Waals surface area contributed by atoms with Gasteiger partial charge in [0, 0.05) is 25.0 Å². The molecule has 0 saturated heterocycles. The lowest BCUT2D eigenvalue weighted by molar-refractivity contribution is -0.140. The van der Waals surface area contributed by atoms with Crippen LogP contribution in [0.2, 0.25) is 0 Å². The Bertz CT molecular complexity index is 735. The average Bonchev–Trinajstić information content (AvgIpc) is 2.99. The first kappa shape index (κ1) is 19.7. The van der Waals surface area contributed by atoms with E-state index in [1.807, 2.05) is 0 Å². The summed E-state index contributed by atoms with van der Waals surface area (Å²) in [5.41, 5.74) is -0.676. The number of carbonyl (C=O) groups excluding carboxylic acids is 1. The SMILES string of the molecule is CC(C[S+](C)[O-])C(=O)N(C)c1sc(-c2cccnc2)nc1C(F)(F)F. The molecule has 2 aromatic rings. The fourth-order valence-electron chi connectivity index (χ4n) is 2.19. The Labute approximate surface area is 150 Å². The smallest absolute Gasteiger partial charge is 0.436 e. The molecule has 0 radical (unpaired) electrons. The van der Waals surface area contributed by atoms with Crippen molar-refractivity contribution in [3.05, 3.63) is 30.2 Å². The first-order valence-electron chi connectivity index (χ1n) is 7.17. The van der Waals surface area contributed by atoms with Crippen LogP contribution in [0.25, 0.3) is 10.6 Å². The maximum atomic E-state index is 13.4. The summed E-state index contributed by atoms with van der Waals surface area (Å²) in [4.78, 5) is 20.9. The highest BCUT2D eigenvalue weighted by molar-refractivity contribution is 7.90. The summed E-state index contributed by atoms with van der Waals surface area (Å²) in [6.07, 6.45) is -0.339. The molecule has 0 aliphatic heterocycles. The van der Waals surface area contributed by atoms with Crippen LogP contribution in [0.3, 0.4) is 0 Å². The summed E-state index contributed by atoms with van der Waals surface area (Å²) in [5, 5.41) is -0.160. The summed E-state index contributed by atoms with van der Waals surface area (Å²) >= 11 is -0.456. The highest BCUT2D eigenvalue weighted by atomic mass is 32.2. The van der Waals surface area contributed by atoms with E-state index in [-0.39, 0.29) is 15.8 Å². The van der Waals surface area contributed by atoms with Crippen molar-refractivity contribution in [1.29, 1.82) is 0 Å². The summed E-state index contributed by atoms with van der Waals surface area (Å²) in [6, 6.07) is 3.19. The van der Waals surface area contributed by atoms with E-state index in [9.17, 15) is 22.5 Å². The number of aromatic nitrogens is 2. The number of alkyl halides is 3. The monoisotopic (exact) mass is 391 g/mol. The van der Waals surface area contributed by atoms with Gasteiger partial charge in [-0.15, -0.1) is 0 Å². The van der Waals surface area contributed by atoms with Gasteiger partial charge in [-0.05, 0) is 19.1 Å². The molecule has 2 heterocycles. The average molecular weight is 391 g/mol. The number of nitrogens with zero attached hydrogens (tertiary/aromatic N) is 3. The second-order valence-electron chi connectivity index (χ2n) is 5.45. The molecule has 5 nitrogen and oxygen atoms in total. The molecule has 0 saturated carbocycles. The normalized spacial score (nSPS) is 14.2. The van der Waals surface area contributed by atoms with Crippen LogP contribution < -0.4 is 4.90 Å². The predicted octanol–water partition coefficient (Wildman–Crippen LogP) is 3.20. The Morgan fingerprint density at radius 2 is 2.16 bits per heavy atom. The first-order valence-corrected chi connectivity index (χ1v) is 9.71. The molecule has 0 fully saturated rings. The quantitative estimate of drug-likeness (QED) is 0.734. The van der Waals surface area contributed by atoms with E-state index in [1.54, 1.807) is 12.1 Å². The summed E-state index contributed by atoms with van der Waals surface area (Å²) in [6.45, 7) is 1.54. The molecule has 0 N–H and O–H groups in total. The maximum absolute atomic E-state index is 13.4. The number of rotatable bonds is 5. The van der Waals surface area contributed by atoms with Gasteiger partial charge < -0.3 is 9.45 Å². The highest BCUT2D eigenvalue weighted by Crippen LogP contribution is 2.42. The molecule has 0 aliphatic carbocycles. The number of hydrogen-bond donors (Lipinski definition) is 0. The zero-order valence-electron chi connectivity index (χ0n) is 13.7. The van der Waals surface area contributed by atoms with Crippen molar-refractivity contribution >= 4 is 33.4 Å². The van der Waals surface area contributed by atoms with Crippen molar-refractivity contribution in [1.82, 2.24) is 9.97 Å². The molecule has 0 aromatic carbocycles. The van der Waals surface area contributed by atoms with Crippen LogP contribution in [0.5, 0.6) is 0 Å². The molecule has 10 heteroatoms. The molecule has 2 atom stereocenters. The standard InChI is InChI=1S/C15H16F3N3O2S2/c1-9(8-25(3)23)13(22)21(2)14-11(15(16,17)18)20-12(24-14)10-5-4-6-19-7-10/h4-7,9H,8H2,1-3H3. The zero-order chi connectivity index (χ0) is 18.8. The third kappa shape index (κ3) is 4.71. The van der Waals surface area contributed by atoms with Crippen LogP contribution in [0.1, 0.15) is 12.6 Å². The van der Waals surface area contributed by atoms with Crippen molar-refractivity contribution in [3.8, 4) is 10.6 Å². The van der Waals surface area contributed by atoms with Gasteiger partial charge in [0.25, 0.3) is 0 Å². The lowest BCUT2D eigenvalue weighted by Crippen LogP contribution is -2.35. The number of hydrogen-bond acceptors (Lipinski definition) is 5. The fraction of sp³-hybridized carbons (Fsp3) is 0.400. The molecular formula is C15H16F3N3O2S2. The molecule has 0 bridgehead atoms. The van der Waals surface area contributed by atoms with Gasteiger partial charge in [0.05, 0.1) is 12.2 Å². The van der Waals surface area contributed by atoms with Gasteiger partial charge in [-0.25, -0.2) is 4.98 Å². The third-order valence-corrected chi connectivity index (χ3v) is 5.48. The first-order chi connectivity index (χ1) is 11.6. The Balaban J connectivity index is 2.42. The van der Waals surface area contributed by atoms with E-state index in [4.69, 9.17) is 0 Å². The van der Waals surface area contributed by atoms with Crippen molar-refractivity contribution < 1.29 is 22.5 Å². The summed E-state index contributed by atoms with van der Waals surface area (Å²) in [7, 11) is 1.27. The minimum absolute atomic E-state index is 0.0821. The number of thiazole rings is 1. The number of halogens is 3. The largest absolute Gasteiger partial charge is 0.617 e. The van der Waals surface area contributed by atoms with Crippen molar-refractivity contribution in [2.24, 2.45) is 5.92 Å². The van der Waals surface area contributed by atoms with E-state index in [0.717, 1.165) is 16.2 Å². The van der Waals surface area contributed by atoms with E-state index in [0.29, 0.717) is 5.56 Å². The van der Waals surface area contributed by atoms with E-state index in [1.165, 1.54) is 32.6 Å². The fourth-order valence-corrected chi connectivity index (χ4v) is 4.08. The molecule has 0 aliphatic rings. The lowest BCUT2D eigenvalue weighted by Gasteiger charge is -2.21. The van der Waals surface area contributed by atoms with Crippen molar-refractivity contribution in [2.45, 2.75) is 13.1 Å².